The second-order valence-electron chi connectivity index (χ2n) is 4.87. The predicted molar refractivity (Wildman–Crippen MR) is 81.7 cm³/mol. The van der Waals surface area contributed by atoms with Gasteiger partial charge in [0.1, 0.15) is 0 Å². The lowest BCUT2D eigenvalue weighted by atomic mass is 10.1. The Hall–Kier alpha value is -2.89. The monoisotopic (exact) mass is 300 g/mol. The molecule has 0 unspecified atom stereocenters. The van der Waals surface area contributed by atoms with Gasteiger partial charge in [0.25, 0.3) is 5.69 Å². The van der Waals surface area contributed by atoms with Crippen molar-refractivity contribution in [1.29, 1.82) is 0 Å². The van der Waals surface area contributed by atoms with Crippen molar-refractivity contribution in [2.45, 2.75) is 13.0 Å². The van der Waals surface area contributed by atoms with Crippen LogP contribution in [0, 0.1) is 10.1 Å². The maximum atomic E-state index is 11.3. The van der Waals surface area contributed by atoms with Gasteiger partial charge in [-0.1, -0.05) is 42.5 Å². The number of nitro benzene ring substituents is 1. The summed E-state index contributed by atoms with van der Waals surface area (Å²) in [5, 5.41) is 20.0. The fourth-order valence-corrected chi connectivity index (χ4v) is 2.14. The third kappa shape index (κ3) is 4.31. The van der Waals surface area contributed by atoms with Crippen LogP contribution in [0.25, 0.3) is 0 Å². The van der Waals surface area contributed by atoms with Crippen molar-refractivity contribution in [1.82, 2.24) is 4.90 Å². The summed E-state index contributed by atoms with van der Waals surface area (Å²) in [6, 6.07) is 15.6. The molecule has 2 aromatic carbocycles. The van der Waals surface area contributed by atoms with Gasteiger partial charge in [0.05, 0.1) is 4.92 Å². The molecular weight excluding hydrogens is 284 g/mol. The van der Waals surface area contributed by atoms with Crippen molar-refractivity contribution in [2.75, 3.05) is 6.54 Å². The van der Waals surface area contributed by atoms with E-state index >= 15 is 0 Å². The number of amides is 1. The Morgan fingerprint density at radius 2 is 1.77 bits per heavy atom. The highest BCUT2D eigenvalue weighted by Gasteiger charge is 2.14. The lowest BCUT2D eigenvalue weighted by Crippen LogP contribution is -2.31. The fourth-order valence-electron chi connectivity index (χ4n) is 2.14. The molecule has 0 bridgehead atoms. The molecule has 1 amide bonds. The zero-order valence-electron chi connectivity index (χ0n) is 11.9. The molecule has 2 aromatic rings. The molecule has 0 atom stereocenters. The summed E-state index contributed by atoms with van der Waals surface area (Å²) in [7, 11) is 0. The second kappa shape index (κ2) is 7.21. The molecule has 0 radical (unpaired) electrons. The van der Waals surface area contributed by atoms with Crippen molar-refractivity contribution in [3.63, 3.8) is 0 Å². The number of hydrogen-bond acceptors (Lipinski definition) is 3. The largest absolute Gasteiger partial charge is 0.465 e. The van der Waals surface area contributed by atoms with Crippen LogP contribution >= 0.6 is 0 Å². The zero-order chi connectivity index (χ0) is 15.9. The van der Waals surface area contributed by atoms with Crippen LogP contribution in [0.1, 0.15) is 11.1 Å². The van der Waals surface area contributed by atoms with Crippen LogP contribution in [0.2, 0.25) is 0 Å². The lowest BCUT2D eigenvalue weighted by molar-refractivity contribution is -0.384. The van der Waals surface area contributed by atoms with E-state index in [1.807, 2.05) is 30.3 Å². The van der Waals surface area contributed by atoms with Crippen molar-refractivity contribution < 1.29 is 14.8 Å². The Labute approximate surface area is 127 Å². The van der Waals surface area contributed by atoms with Gasteiger partial charge in [-0.25, -0.2) is 4.79 Å². The molecule has 6 heteroatoms. The van der Waals surface area contributed by atoms with Crippen molar-refractivity contribution in [3.05, 3.63) is 75.8 Å². The van der Waals surface area contributed by atoms with Gasteiger partial charge in [-0.05, 0) is 17.5 Å². The number of carbonyl (C=O) groups is 1. The van der Waals surface area contributed by atoms with E-state index in [1.165, 1.54) is 17.0 Å². The van der Waals surface area contributed by atoms with E-state index in [1.54, 1.807) is 12.1 Å². The fraction of sp³-hybridized carbons (Fsp3) is 0.188. The van der Waals surface area contributed by atoms with Gasteiger partial charge in [0.2, 0.25) is 0 Å². The highest BCUT2D eigenvalue weighted by Crippen LogP contribution is 2.15. The molecule has 0 heterocycles. The van der Waals surface area contributed by atoms with Gasteiger partial charge in [-0.3, -0.25) is 10.1 Å². The summed E-state index contributed by atoms with van der Waals surface area (Å²) >= 11 is 0. The van der Waals surface area contributed by atoms with Crippen LogP contribution in [0.4, 0.5) is 10.5 Å². The molecule has 0 aliphatic carbocycles. The third-order valence-electron chi connectivity index (χ3n) is 3.28. The van der Waals surface area contributed by atoms with Crippen LogP contribution in [0.3, 0.4) is 0 Å². The van der Waals surface area contributed by atoms with Crippen LogP contribution in [0.5, 0.6) is 0 Å². The first-order valence-corrected chi connectivity index (χ1v) is 6.81. The van der Waals surface area contributed by atoms with Gasteiger partial charge in [-0.15, -0.1) is 0 Å². The van der Waals surface area contributed by atoms with Crippen molar-refractivity contribution in [3.8, 4) is 0 Å². The molecule has 0 fully saturated rings. The van der Waals surface area contributed by atoms with E-state index in [0.29, 0.717) is 18.5 Å². The van der Waals surface area contributed by atoms with E-state index in [9.17, 15) is 20.0 Å². The standard InChI is InChI=1S/C16H16N2O4/c19-16(20)17(10-9-13-5-2-1-3-6-13)12-14-7-4-8-15(11-14)18(21)22/h1-8,11H,9-10,12H2,(H,19,20). The van der Waals surface area contributed by atoms with Gasteiger partial charge >= 0.3 is 6.09 Å². The summed E-state index contributed by atoms with van der Waals surface area (Å²) in [4.78, 5) is 22.9. The van der Waals surface area contributed by atoms with E-state index < -0.39 is 11.0 Å². The van der Waals surface area contributed by atoms with E-state index in [2.05, 4.69) is 0 Å². The summed E-state index contributed by atoms with van der Waals surface area (Å²) < 4.78 is 0. The Kier molecular flexibility index (Phi) is 5.08. The minimum Gasteiger partial charge on any atom is -0.465 e. The molecule has 0 spiro atoms. The summed E-state index contributed by atoms with van der Waals surface area (Å²) in [5.41, 5.74) is 1.61. The first-order chi connectivity index (χ1) is 10.6. The number of non-ortho nitro benzene ring substituents is 1. The molecule has 0 aliphatic heterocycles. The molecule has 0 saturated heterocycles. The van der Waals surface area contributed by atoms with Crippen molar-refractivity contribution >= 4 is 11.8 Å². The number of benzene rings is 2. The van der Waals surface area contributed by atoms with Crippen LogP contribution < -0.4 is 0 Å². The van der Waals surface area contributed by atoms with Gasteiger partial charge in [-0.2, -0.15) is 0 Å². The average molecular weight is 300 g/mol. The predicted octanol–water partition coefficient (Wildman–Crippen LogP) is 3.32. The Bertz CT molecular complexity index is 658. The Morgan fingerprint density at radius 1 is 1.09 bits per heavy atom. The van der Waals surface area contributed by atoms with Gasteiger partial charge in [0.15, 0.2) is 0 Å². The molecule has 2 rings (SSSR count). The molecule has 6 nitrogen and oxygen atoms in total. The molecule has 0 saturated carbocycles. The van der Waals surface area contributed by atoms with Crippen molar-refractivity contribution in [2.24, 2.45) is 0 Å². The van der Waals surface area contributed by atoms with Crippen LogP contribution in [0.15, 0.2) is 54.6 Å². The zero-order valence-corrected chi connectivity index (χ0v) is 11.9. The normalized spacial score (nSPS) is 10.2. The topological polar surface area (TPSA) is 83.7 Å². The number of carboxylic acid groups (broad SMARTS) is 1. The van der Waals surface area contributed by atoms with Gasteiger partial charge < -0.3 is 10.0 Å². The maximum absolute atomic E-state index is 11.3. The SMILES string of the molecule is O=C(O)N(CCc1ccccc1)Cc1cccc([N+](=O)[O-])c1. The van der Waals surface area contributed by atoms with Crippen LogP contribution in [-0.2, 0) is 13.0 Å². The number of hydrogen-bond donors (Lipinski definition) is 1. The Balaban J connectivity index is 2.04. The minimum absolute atomic E-state index is 0.0362. The average Bonchev–Trinajstić information content (AvgIpc) is 2.52. The quantitative estimate of drug-likeness (QED) is 0.655. The minimum atomic E-state index is -1.04. The maximum Gasteiger partial charge on any atom is 0.407 e. The van der Waals surface area contributed by atoms with E-state index in [4.69, 9.17) is 0 Å². The Morgan fingerprint density at radius 3 is 2.41 bits per heavy atom. The first-order valence-electron chi connectivity index (χ1n) is 6.81. The molecule has 0 aliphatic rings. The number of nitrogens with zero attached hydrogens (tertiary/aromatic N) is 2. The molecular formula is C16H16N2O4. The van der Waals surface area contributed by atoms with E-state index in [0.717, 1.165) is 5.56 Å². The summed E-state index contributed by atoms with van der Waals surface area (Å²) in [5.74, 6) is 0. The van der Waals surface area contributed by atoms with Gasteiger partial charge in [0, 0.05) is 25.2 Å². The smallest absolute Gasteiger partial charge is 0.407 e. The summed E-state index contributed by atoms with van der Waals surface area (Å²) in [6.45, 7) is 0.464. The van der Waals surface area contributed by atoms with Crippen LogP contribution in [-0.4, -0.2) is 27.6 Å². The molecule has 1 N–H and O–H groups in total. The van der Waals surface area contributed by atoms with E-state index in [-0.39, 0.29) is 12.2 Å². The lowest BCUT2D eigenvalue weighted by Gasteiger charge is -2.19. The highest BCUT2D eigenvalue weighted by molar-refractivity contribution is 5.65. The highest BCUT2D eigenvalue weighted by atomic mass is 16.6. The summed E-state index contributed by atoms with van der Waals surface area (Å²) in [6.07, 6.45) is -0.440. The number of nitro groups is 1. The molecule has 0 aromatic heterocycles. The molecule has 114 valence electrons. The first kappa shape index (κ1) is 15.5. The molecule has 22 heavy (non-hydrogen) atoms. The third-order valence-corrected chi connectivity index (χ3v) is 3.28. The number of rotatable bonds is 6. The second-order valence-corrected chi connectivity index (χ2v) is 4.87.